The number of hydrogen-bond donors (Lipinski definition) is 2. The number of aromatic nitrogens is 2. The minimum absolute atomic E-state index is 0.0787. The van der Waals surface area contributed by atoms with Crippen molar-refractivity contribution in [2.24, 2.45) is 0 Å². The van der Waals surface area contributed by atoms with Gasteiger partial charge in [0.15, 0.2) is 11.6 Å². The van der Waals surface area contributed by atoms with E-state index in [-0.39, 0.29) is 11.3 Å². The SMILES string of the molecule is COc1ccc(-c2cc(=O)[nH][nH]c2=O)cc1F. The number of hydrogen-bond acceptors (Lipinski definition) is 3. The van der Waals surface area contributed by atoms with Gasteiger partial charge in [-0.15, -0.1) is 0 Å². The second kappa shape index (κ2) is 4.25. The van der Waals surface area contributed by atoms with Crippen molar-refractivity contribution < 1.29 is 9.13 Å². The van der Waals surface area contributed by atoms with E-state index in [0.29, 0.717) is 5.56 Å². The third kappa shape index (κ3) is 2.10. The number of H-pyrrole nitrogens is 2. The van der Waals surface area contributed by atoms with Crippen LogP contribution in [0.15, 0.2) is 33.9 Å². The number of nitrogens with one attached hydrogen (secondary N) is 2. The Labute approximate surface area is 94.9 Å². The van der Waals surface area contributed by atoms with E-state index in [2.05, 4.69) is 10.2 Å². The molecule has 0 unspecified atom stereocenters. The number of rotatable bonds is 2. The molecule has 0 amide bonds. The Balaban J connectivity index is 2.61. The summed E-state index contributed by atoms with van der Waals surface area (Å²) >= 11 is 0. The Morgan fingerprint density at radius 3 is 2.59 bits per heavy atom. The number of benzene rings is 1. The summed E-state index contributed by atoms with van der Waals surface area (Å²) in [5, 5.41) is 4.30. The lowest BCUT2D eigenvalue weighted by atomic mass is 10.1. The highest BCUT2D eigenvalue weighted by Gasteiger charge is 2.08. The summed E-state index contributed by atoms with van der Waals surface area (Å²) < 4.78 is 18.2. The first-order valence-electron chi connectivity index (χ1n) is 4.77. The van der Waals surface area contributed by atoms with E-state index in [4.69, 9.17) is 4.74 Å². The van der Waals surface area contributed by atoms with Gasteiger partial charge >= 0.3 is 0 Å². The third-order valence-electron chi connectivity index (χ3n) is 2.28. The summed E-state index contributed by atoms with van der Waals surface area (Å²) in [6.45, 7) is 0. The van der Waals surface area contributed by atoms with Gasteiger partial charge in [-0.05, 0) is 17.7 Å². The molecule has 1 aromatic carbocycles. The lowest BCUT2D eigenvalue weighted by Crippen LogP contribution is -2.19. The Bertz CT molecular complexity index is 660. The van der Waals surface area contributed by atoms with Crippen LogP contribution >= 0.6 is 0 Å². The minimum Gasteiger partial charge on any atom is -0.494 e. The predicted octanol–water partition coefficient (Wildman–Crippen LogP) is 0.878. The van der Waals surface area contributed by atoms with Crippen LogP contribution in [-0.4, -0.2) is 17.3 Å². The summed E-state index contributed by atoms with van der Waals surface area (Å²) in [7, 11) is 1.35. The second-order valence-electron chi connectivity index (χ2n) is 3.35. The molecule has 2 aromatic rings. The smallest absolute Gasteiger partial charge is 0.270 e. The fourth-order valence-corrected chi connectivity index (χ4v) is 1.47. The molecule has 0 bridgehead atoms. The molecule has 0 aliphatic heterocycles. The van der Waals surface area contributed by atoms with Crippen molar-refractivity contribution in [3.05, 3.63) is 50.8 Å². The zero-order valence-electron chi connectivity index (χ0n) is 8.91. The minimum atomic E-state index is -0.593. The molecule has 0 atom stereocenters. The Morgan fingerprint density at radius 2 is 1.94 bits per heavy atom. The summed E-state index contributed by atoms with van der Waals surface area (Å²) in [6, 6.07) is 5.15. The van der Waals surface area contributed by atoms with Crippen LogP contribution in [0.4, 0.5) is 4.39 Å². The van der Waals surface area contributed by atoms with E-state index in [1.807, 2.05) is 0 Å². The van der Waals surface area contributed by atoms with Crippen LogP contribution in [0.1, 0.15) is 0 Å². The summed E-state index contributed by atoms with van der Waals surface area (Å²) in [5.41, 5.74) is -0.532. The summed E-state index contributed by atoms with van der Waals surface area (Å²) in [4.78, 5) is 22.5. The van der Waals surface area contributed by atoms with Gasteiger partial charge in [-0.25, -0.2) is 4.39 Å². The van der Waals surface area contributed by atoms with E-state index in [0.717, 1.165) is 12.1 Å². The highest BCUT2D eigenvalue weighted by Crippen LogP contribution is 2.22. The van der Waals surface area contributed by atoms with E-state index >= 15 is 0 Å². The quantitative estimate of drug-likeness (QED) is 0.812. The molecular weight excluding hydrogens is 227 g/mol. The van der Waals surface area contributed by atoms with Crippen LogP contribution in [0.5, 0.6) is 5.75 Å². The van der Waals surface area contributed by atoms with E-state index < -0.39 is 16.9 Å². The molecule has 17 heavy (non-hydrogen) atoms. The molecule has 0 radical (unpaired) electrons. The zero-order chi connectivity index (χ0) is 12.4. The Kier molecular flexibility index (Phi) is 2.78. The lowest BCUT2D eigenvalue weighted by molar-refractivity contribution is 0.386. The fraction of sp³-hybridized carbons (Fsp3) is 0.0909. The number of methoxy groups -OCH3 is 1. The maximum atomic E-state index is 13.4. The van der Waals surface area contributed by atoms with Crippen LogP contribution in [0.3, 0.4) is 0 Å². The second-order valence-corrected chi connectivity index (χ2v) is 3.35. The molecule has 0 fully saturated rings. The summed E-state index contributed by atoms with van der Waals surface area (Å²) in [5.74, 6) is -0.514. The van der Waals surface area contributed by atoms with Gasteiger partial charge in [0.1, 0.15) is 0 Å². The maximum Gasteiger partial charge on any atom is 0.270 e. The van der Waals surface area contributed by atoms with Crippen molar-refractivity contribution in [1.82, 2.24) is 10.2 Å². The zero-order valence-corrected chi connectivity index (χ0v) is 8.91. The van der Waals surface area contributed by atoms with Gasteiger partial charge in [-0.2, -0.15) is 0 Å². The van der Waals surface area contributed by atoms with Gasteiger partial charge in [-0.1, -0.05) is 6.07 Å². The van der Waals surface area contributed by atoms with Gasteiger partial charge in [0, 0.05) is 6.07 Å². The molecule has 0 spiro atoms. The molecule has 0 saturated heterocycles. The highest BCUT2D eigenvalue weighted by atomic mass is 19.1. The first-order valence-corrected chi connectivity index (χ1v) is 4.77. The molecule has 0 aliphatic rings. The molecule has 1 heterocycles. The van der Waals surface area contributed by atoms with Crippen LogP contribution in [-0.2, 0) is 0 Å². The van der Waals surface area contributed by atoms with Crippen molar-refractivity contribution in [2.45, 2.75) is 0 Å². The average Bonchev–Trinajstić information content (AvgIpc) is 2.32. The van der Waals surface area contributed by atoms with Crippen LogP contribution in [0.25, 0.3) is 11.1 Å². The average molecular weight is 236 g/mol. The van der Waals surface area contributed by atoms with Crippen molar-refractivity contribution in [3.63, 3.8) is 0 Å². The molecule has 0 saturated carbocycles. The molecule has 5 nitrogen and oxygen atoms in total. The maximum absolute atomic E-state index is 13.4. The summed E-state index contributed by atoms with van der Waals surface area (Å²) in [6.07, 6.45) is 0. The predicted molar refractivity (Wildman–Crippen MR) is 59.6 cm³/mol. The molecular formula is C11H9FN2O3. The molecule has 2 N–H and O–H groups in total. The van der Waals surface area contributed by atoms with E-state index in [1.54, 1.807) is 0 Å². The van der Waals surface area contributed by atoms with Crippen LogP contribution in [0.2, 0.25) is 0 Å². The number of ether oxygens (including phenoxy) is 1. The van der Waals surface area contributed by atoms with Crippen LogP contribution in [0, 0.1) is 5.82 Å². The van der Waals surface area contributed by atoms with Gasteiger partial charge in [0.2, 0.25) is 0 Å². The van der Waals surface area contributed by atoms with Gasteiger partial charge < -0.3 is 4.74 Å². The van der Waals surface area contributed by atoms with E-state index in [1.165, 1.54) is 19.2 Å². The molecule has 88 valence electrons. The Morgan fingerprint density at radius 1 is 1.18 bits per heavy atom. The normalized spacial score (nSPS) is 10.2. The first-order chi connectivity index (χ1) is 8.11. The van der Waals surface area contributed by atoms with Crippen molar-refractivity contribution in [2.75, 3.05) is 7.11 Å². The number of aromatic amines is 2. The molecule has 2 rings (SSSR count). The number of halogens is 1. The monoisotopic (exact) mass is 236 g/mol. The molecule has 6 heteroatoms. The van der Waals surface area contributed by atoms with Crippen molar-refractivity contribution in [1.29, 1.82) is 0 Å². The largest absolute Gasteiger partial charge is 0.494 e. The van der Waals surface area contributed by atoms with Crippen molar-refractivity contribution >= 4 is 0 Å². The Hall–Kier alpha value is -2.37. The standard InChI is InChI=1S/C11H9FN2O3/c1-17-9-3-2-6(4-8(9)12)7-5-10(15)13-14-11(7)16/h2-5H,1H3,(H,13,15)(H,14,16). The van der Waals surface area contributed by atoms with Gasteiger partial charge in [-0.3, -0.25) is 19.8 Å². The fourth-order valence-electron chi connectivity index (χ4n) is 1.47. The third-order valence-corrected chi connectivity index (χ3v) is 2.28. The molecule has 0 aliphatic carbocycles. The van der Waals surface area contributed by atoms with Crippen LogP contribution < -0.4 is 15.9 Å². The van der Waals surface area contributed by atoms with Crippen molar-refractivity contribution in [3.8, 4) is 16.9 Å². The van der Waals surface area contributed by atoms with E-state index in [9.17, 15) is 14.0 Å². The lowest BCUT2D eigenvalue weighted by Gasteiger charge is -2.04. The topological polar surface area (TPSA) is 75.0 Å². The van der Waals surface area contributed by atoms with Gasteiger partial charge in [0.05, 0.1) is 12.7 Å². The first kappa shape index (κ1) is 11.1. The van der Waals surface area contributed by atoms with Gasteiger partial charge in [0.25, 0.3) is 11.1 Å². The molecule has 1 aromatic heterocycles. The highest BCUT2D eigenvalue weighted by molar-refractivity contribution is 5.62.